The number of rotatable bonds is 6. The molecular formula is C18H18N4OS2. The molecule has 1 N–H and O–H groups in total. The molecule has 1 aliphatic rings. The minimum atomic E-state index is -0.232. The van der Waals surface area contributed by atoms with Gasteiger partial charge in [0.05, 0.1) is 10.9 Å². The number of amides is 1. The van der Waals surface area contributed by atoms with Crippen LogP contribution in [-0.2, 0) is 4.79 Å². The van der Waals surface area contributed by atoms with Crippen molar-refractivity contribution in [2.75, 3.05) is 5.32 Å². The molecule has 0 radical (unpaired) electrons. The summed E-state index contributed by atoms with van der Waals surface area (Å²) >= 11 is 2.94. The van der Waals surface area contributed by atoms with Gasteiger partial charge in [-0.15, -0.1) is 11.3 Å². The van der Waals surface area contributed by atoms with Crippen molar-refractivity contribution >= 4 is 34.1 Å². The van der Waals surface area contributed by atoms with E-state index in [1.54, 1.807) is 6.20 Å². The van der Waals surface area contributed by atoms with Gasteiger partial charge in [0.15, 0.2) is 10.3 Å². The lowest BCUT2D eigenvalue weighted by atomic mass is 10.2. The Bertz CT molecular complexity index is 870. The monoisotopic (exact) mass is 370 g/mol. The van der Waals surface area contributed by atoms with E-state index in [-0.39, 0.29) is 11.2 Å². The SMILES string of the molecule is C[C@@H](Sc1nccn1C1CC1)C(=O)Nc1nc(-c2ccccc2)cs1. The van der Waals surface area contributed by atoms with Crippen molar-refractivity contribution in [3.63, 3.8) is 0 Å². The average molecular weight is 371 g/mol. The van der Waals surface area contributed by atoms with Crippen LogP contribution in [0.4, 0.5) is 5.13 Å². The fourth-order valence-electron chi connectivity index (χ4n) is 2.51. The van der Waals surface area contributed by atoms with Gasteiger partial charge in [0.25, 0.3) is 0 Å². The molecule has 7 heteroatoms. The van der Waals surface area contributed by atoms with Gasteiger partial charge in [-0.1, -0.05) is 42.1 Å². The molecule has 1 atom stereocenters. The fourth-order valence-corrected chi connectivity index (χ4v) is 4.17. The van der Waals surface area contributed by atoms with Gasteiger partial charge in [-0.05, 0) is 19.8 Å². The lowest BCUT2D eigenvalue weighted by Gasteiger charge is -2.11. The van der Waals surface area contributed by atoms with Crippen molar-refractivity contribution in [2.45, 2.75) is 36.2 Å². The van der Waals surface area contributed by atoms with Crippen molar-refractivity contribution in [3.05, 3.63) is 48.1 Å². The Morgan fingerprint density at radius 3 is 2.92 bits per heavy atom. The Kier molecular flexibility index (Phi) is 4.59. The summed E-state index contributed by atoms with van der Waals surface area (Å²) < 4.78 is 2.17. The summed E-state index contributed by atoms with van der Waals surface area (Å²) in [6, 6.07) is 10.5. The van der Waals surface area contributed by atoms with Crippen LogP contribution in [0.2, 0.25) is 0 Å². The maximum absolute atomic E-state index is 12.5. The van der Waals surface area contributed by atoms with E-state index in [0.717, 1.165) is 16.4 Å². The number of nitrogens with one attached hydrogen (secondary N) is 1. The van der Waals surface area contributed by atoms with Crippen LogP contribution in [0.15, 0.2) is 53.3 Å². The Morgan fingerprint density at radius 2 is 2.16 bits per heavy atom. The van der Waals surface area contributed by atoms with E-state index in [1.165, 1.54) is 35.9 Å². The van der Waals surface area contributed by atoms with Crippen molar-refractivity contribution in [1.82, 2.24) is 14.5 Å². The summed E-state index contributed by atoms with van der Waals surface area (Å²) in [6.45, 7) is 1.90. The number of carbonyl (C=O) groups excluding carboxylic acids is 1. The summed E-state index contributed by atoms with van der Waals surface area (Å²) in [5.41, 5.74) is 1.93. The van der Waals surface area contributed by atoms with Crippen LogP contribution < -0.4 is 5.32 Å². The average Bonchev–Trinajstić information content (AvgIpc) is 3.19. The summed E-state index contributed by atoms with van der Waals surface area (Å²) in [5.74, 6) is -0.0516. The van der Waals surface area contributed by atoms with Crippen molar-refractivity contribution in [1.29, 1.82) is 0 Å². The summed E-state index contributed by atoms with van der Waals surface area (Å²) in [5, 5.41) is 6.19. The highest BCUT2D eigenvalue weighted by Gasteiger charge is 2.27. The topological polar surface area (TPSA) is 59.8 Å². The normalized spacial score (nSPS) is 15.1. The van der Waals surface area contributed by atoms with Crippen LogP contribution in [0.25, 0.3) is 11.3 Å². The van der Waals surface area contributed by atoms with E-state index in [2.05, 4.69) is 19.9 Å². The molecule has 1 aliphatic carbocycles. The molecule has 0 saturated heterocycles. The van der Waals surface area contributed by atoms with E-state index >= 15 is 0 Å². The third kappa shape index (κ3) is 3.77. The van der Waals surface area contributed by atoms with Crippen LogP contribution in [-0.4, -0.2) is 25.7 Å². The van der Waals surface area contributed by atoms with E-state index in [9.17, 15) is 4.79 Å². The molecule has 4 rings (SSSR count). The predicted octanol–water partition coefficient (Wildman–Crippen LogP) is 4.46. The summed E-state index contributed by atoms with van der Waals surface area (Å²) in [6.07, 6.45) is 6.20. The molecule has 1 saturated carbocycles. The molecular weight excluding hydrogens is 352 g/mol. The van der Waals surface area contributed by atoms with Gasteiger partial charge in [-0.2, -0.15) is 0 Å². The molecule has 1 amide bonds. The molecule has 5 nitrogen and oxygen atoms in total. The van der Waals surface area contributed by atoms with Gasteiger partial charge in [0.1, 0.15) is 0 Å². The zero-order valence-corrected chi connectivity index (χ0v) is 15.4. The van der Waals surface area contributed by atoms with E-state index in [4.69, 9.17) is 0 Å². The maximum Gasteiger partial charge on any atom is 0.239 e. The number of imidazole rings is 1. The van der Waals surface area contributed by atoms with Crippen LogP contribution in [0.3, 0.4) is 0 Å². The second-order valence-corrected chi connectivity index (χ2v) is 8.17. The number of carbonyl (C=O) groups is 1. The largest absolute Gasteiger partial charge is 0.323 e. The van der Waals surface area contributed by atoms with Crippen LogP contribution in [0.1, 0.15) is 25.8 Å². The molecule has 25 heavy (non-hydrogen) atoms. The zero-order valence-electron chi connectivity index (χ0n) is 13.8. The van der Waals surface area contributed by atoms with Crippen LogP contribution >= 0.6 is 23.1 Å². The molecule has 2 aromatic heterocycles. The van der Waals surface area contributed by atoms with Crippen LogP contribution in [0, 0.1) is 0 Å². The van der Waals surface area contributed by atoms with E-state index in [1.807, 2.05) is 48.8 Å². The molecule has 1 fully saturated rings. The number of hydrogen-bond acceptors (Lipinski definition) is 5. The van der Waals surface area contributed by atoms with Gasteiger partial charge in [0.2, 0.25) is 5.91 Å². The standard InChI is InChI=1S/C18H18N4OS2/c1-12(25-18-19-9-10-22(18)14-7-8-14)16(23)21-17-20-15(11-24-17)13-5-3-2-4-6-13/h2-6,9-12,14H,7-8H2,1H3,(H,20,21,23)/t12-/m1/s1. The molecule has 0 aliphatic heterocycles. The number of thiazole rings is 1. The first-order valence-corrected chi connectivity index (χ1v) is 9.98. The van der Waals surface area contributed by atoms with Gasteiger partial charge in [0, 0.05) is 29.4 Å². The lowest BCUT2D eigenvalue weighted by Crippen LogP contribution is -2.22. The number of hydrogen-bond donors (Lipinski definition) is 1. The first-order valence-electron chi connectivity index (χ1n) is 8.22. The Labute approximate surface area is 154 Å². The Balaban J connectivity index is 1.40. The Morgan fingerprint density at radius 1 is 1.36 bits per heavy atom. The zero-order chi connectivity index (χ0) is 17.2. The van der Waals surface area contributed by atoms with Crippen molar-refractivity contribution < 1.29 is 4.79 Å². The quantitative estimate of drug-likeness (QED) is 0.651. The Hall–Kier alpha value is -2.12. The molecule has 128 valence electrons. The molecule has 3 aromatic rings. The van der Waals surface area contributed by atoms with Crippen molar-refractivity contribution in [2.24, 2.45) is 0 Å². The highest BCUT2D eigenvalue weighted by Crippen LogP contribution is 2.38. The second kappa shape index (κ2) is 7.01. The number of thioether (sulfide) groups is 1. The molecule has 2 heterocycles. The first-order chi connectivity index (χ1) is 12.2. The molecule has 0 spiro atoms. The molecule has 0 unspecified atom stereocenters. The van der Waals surface area contributed by atoms with Crippen LogP contribution in [0.5, 0.6) is 0 Å². The second-order valence-electron chi connectivity index (χ2n) is 6.00. The molecule has 0 bridgehead atoms. The molecule has 1 aromatic carbocycles. The number of anilines is 1. The summed E-state index contributed by atoms with van der Waals surface area (Å²) in [7, 11) is 0. The lowest BCUT2D eigenvalue weighted by molar-refractivity contribution is -0.115. The van der Waals surface area contributed by atoms with E-state index < -0.39 is 0 Å². The van der Waals surface area contributed by atoms with Gasteiger partial charge in [-0.25, -0.2) is 9.97 Å². The number of nitrogens with zero attached hydrogens (tertiary/aromatic N) is 3. The first kappa shape index (κ1) is 16.4. The smallest absolute Gasteiger partial charge is 0.239 e. The minimum Gasteiger partial charge on any atom is -0.323 e. The third-order valence-corrected chi connectivity index (χ3v) is 5.88. The van der Waals surface area contributed by atoms with Crippen molar-refractivity contribution in [3.8, 4) is 11.3 Å². The van der Waals surface area contributed by atoms with Gasteiger partial charge >= 0.3 is 0 Å². The number of benzene rings is 1. The maximum atomic E-state index is 12.5. The fraction of sp³-hybridized carbons (Fsp3) is 0.278. The van der Waals surface area contributed by atoms with Gasteiger partial charge < -0.3 is 9.88 Å². The summed E-state index contributed by atoms with van der Waals surface area (Å²) in [4.78, 5) is 21.4. The number of aromatic nitrogens is 3. The van der Waals surface area contributed by atoms with E-state index in [0.29, 0.717) is 11.2 Å². The third-order valence-electron chi connectivity index (χ3n) is 4.03. The minimum absolute atomic E-state index is 0.0516. The highest BCUT2D eigenvalue weighted by atomic mass is 32.2. The van der Waals surface area contributed by atoms with Gasteiger partial charge in [-0.3, -0.25) is 4.79 Å². The highest BCUT2D eigenvalue weighted by molar-refractivity contribution is 8.00. The predicted molar refractivity (Wildman–Crippen MR) is 102 cm³/mol.